The minimum Gasteiger partial charge on any atom is -0.396 e. The molecular weight excluding hydrogens is 412 g/mol. The minimum absolute atomic E-state index is 0.00238. The second-order valence-electron chi connectivity index (χ2n) is 10.8. The predicted octanol–water partition coefficient (Wildman–Crippen LogP) is 5.65. The van der Waals surface area contributed by atoms with Gasteiger partial charge in [0.15, 0.2) is 0 Å². The van der Waals surface area contributed by atoms with Crippen molar-refractivity contribution in [3.63, 3.8) is 0 Å². The molecule has 1 aromatic heterocycles. The Morgan fingerprint density at radius 3 is 2.61 bits per heavy atom. The Kier molecular flexibility index (Phi) is 7.52. The van der Waals surface area contributed by atoms with Crippen molar-refractivity contribution in [3.05, 3.63) is 41.0 Å². The minimum atomic E-state index is -0.0312. The van der Waals surface area contributed by atoms with Crippen molar-refractivity contribution in [2.75, 3.05) is 11.9 Å². The van der Waals surface area contributed by atoms with Crippen LogP contribution in [0.1, 0.15) is 106 Å². The fourth-order valence-corrected chi connectivity index (χ4v) is 5.42. The van der Waals surface area contributed by atoms with Crippen molar-refractivity contribution < 1.29 is 9.90 Å². The molecule has 0 aliphatic heterocycles. The normalized spacial score (nSPS) is 21.2. The van der Waals surface area contributed by atoms with E-state index in [1.807, 2.05) is 19.1 Å². The molecule has 33 heavy (non-hydrogen) atoms. The smallest absolute Gasteiger partial charge is 0.225 e. The molecule has 2 aromatic rings. The number of benzene rings is 1. The fraction of sp³-hybridized carbons (Fsp3) is 0.667. The summed E-state index contributed by atoms with van der Waals surface area (Å²) in [6.45, 7) is 8.80. The number of nitrogens with zero attached hydrogens (tertiary/aromatic N) is 3. The number of aliphatic hydroxyl groups is 1. The molecule has 2 N–H and O–H groups in total. The molecule has 0 saturated heterocycles. The lowest BCUT2D eigenvalue weighted by Gasteiger charge is -2.36. The molecule has 6 nitrogen and oxygen atoms in total. The molecule has 2 aliphatic carbocycles. The summed E-state index contributed by atoms with van der Waals surface area (Å²) in [7, 11) is 0. The predicted molar refractivity (Wildman–Crippen MR) is 131 cm³/mol. The Hall–Kier alpha value is -2.21. The maximum atomic E-state index is 13.0. The first-order chi connectivity index (χ1) is 15.9. The van der Waals surface area contributed by atoms with Gasteiger partial charge in [-0.3, -0.25) is 4.79 Å². The third kappa shape index (κ3) is 5.84. The molecule has 0 bridgehead atoms. The first kappa shape index (κ1) is 23.9. The van der Waals surface area contributed by atoms with Crippen LogP contribution in [-0.2, 0) is 4.79 Å². The molecule has 1 heterocycles. The van der Waals surface area contributed by atoms with Gasteiger partial charge in [0.2, 0.25) is 5.91 Å². The molecular formula is C27H40N4O2. The highest BCUT2D eigenvalue weighted by atomic mass is 16.3. The van der Waals surface area contributed by atoms with Crippen LogP contribution in [0.4, 0.5) is 5.69 Å². The molecule has 6 heteroatoms. The molecule has 0 unspecified atom stereocenters. The fourth-order valence-electron chi connectivity index (χ4n) is 5.42. The van der Waals surface area contributed by atoms with Gasteiger partial charge in [0, 0.05) is 36.6 Å². The van der Waals surface area contributed by atoms with Crippen molar-refractivity contribution in [2.24, 2.45) is 11.8 Å². The summed E-state index contributed by atoms with van der Waals surface area (Å²) in [6.07, 6.45) is 7.80. The summed E-state index contributed by atoms with van der Waals surface area (Å²) in [6, 6.07) is 6.56. The van der Waals surface area contributed by atoms with Crippen molar-refractivity contribution in [2.45, 2.75) is 96.9 Å². The third-order valence-corrected chi connectivity index (χ3v) is 7.23. The number of amides is 1. The molecule has 2 fully saturated rings. The van der Waals surface area contributed by atoms with Gasteiger partial charge in [-0.2, -0.15) is 0 Å². The number of carbonyl (C=O) groups excluding carboxylic acids is 1. The summed E-state index contributed by atoms with van der Waals surface area (Å²) >= 11 is 0. The van der Waals surface area contributed by atoms with Crippen molar-refractivity contribution in [1.82, 2.24) is 14.8 Å². The first-order valence-corrected chi connectivity index (χ1v) is 12.8. The lowest BCUT2D eigenvalue weighted by molar-refractivity contribution is -0.116. The van der Waals surface area contributed by atoms with Crippen molar-refractivity contribution >= 4 is 11.6 Å². The SMILES string of the molecule is Cc1ccc(NC(=O)C[C@@H](CCCO)c2nnc([C@H]3C[C@@H](CC(C)C)C3)n2C2CC2)c(C)c1. The summed E-state index contributed by atoms with van der Waals surface area (Å²) < 4.78 is 2.38. The van der Waals surface area contributed by atoms with E-state index in [1.54, 1.807) is 0 Å². The standard InChI is InChI=1S/C27H40N4O2/c1-17(2)12-20-14-22(15-20)27-30-29-26(31(27)23-8-9-23)21(6-5-11-32)16-25(33)28-24-10-7-18(3)13-19(24)4/h7,10,13,17,20-23,32H,5-6,8-9,11-12,14-16H2,1-4H3,(H,28,33)/t20-,21-,22+/m1/s1. The van der Waals surface area contributed by atoms with E-state index in [0.29, 0.717) is 24.8 Å². The number of carbonyl (C=O) groups is 1. The van der Waals surface area contributed by atoms with Crippen LogP contribution in [0, 0.1) is 25.7 Å². The lowest BCUT2D eigenvalue weighted by Crippen LogP contribution is -2.26. The first-order valence-electron chi connectivity index (χ1n) is 12.8. The molecule has 1 aromatic carbocycles. The van der Waals surface area contributed by atoms with E-state index in [0.717, 1.165) is 41.2 Å². The van der Waals surface area contributed by atoms with Crippen LogP contribution in [0.2, 0.25) is 0 Å². The number of aryl methyl sites for hydroxylation is 2. The van der Waals surface area contributed by atoms with Gasteiger partial charge in [-0.15, -0.1) is 10.2 Å². The lowest BCUT2D eigenvalue weighted by atomic mass is 9.71. The van der Waals surface area contributed by atoms with E-state index in [4.69, 9.17) is 0 Å². The summed E-state index contributed by atoms with van der Waals surface area (Å²) in [4.78, 5) is 13.0. The van der Waals surface area contributed by atoms with Crippen molar-refractivity contribution in [3.8, 4) is 0 Å². The monoisotopic (exact) mass is 452 g/mol. The van der Waals surface area contributed by atoms with E-state index in [2.05, 4.69) is 46.9 Å². The van der Waals surface area contributed by atoms with Gasteiger partial charge in [-0.05, 0) is 82.3 Å². The molecule has 2 saturated carbocycles. The van der Waals surface area contributed by atoms with Gasteiger partial charge in [-0.1, -0.05) is 31.5 Å². The Bertz CT molecular complexity index is 957. The highest BCUT2D eigenvalue weighted by Crippen LogP contribution is 2.48. The Balaban J connectivity index is 1.50. The average Bonchev–Trinajstić information content (AvgIpc) is 3.48. The zero-order valence-electron chi connectivity index (χ0n) is 20.7. The van der Waals surface area contributed by atoms with Gasteiger partial charge in [0.05, 0.1) is 0 Å². The second kappa shape index (κ2) is 10.4. The largest absolute Gasteiger partial charge is 0.396 e. The number of hydrogen-bond donors (Lipinski definition) is 2. The van der Waals surface area contributed by atoms with E-state index in [1.165, 1.54) is 37.7 Å². The van der Waals surface area contributed by atoms with Crippen LogP contribution >= 0.6 is 0 Å². The number of hydrogen-bond acceptors (Lipinski definition) is 4. The Labute approximate surface area is 198 Å². The quantitative estimate of drug-likeness (QED) is 0.461. The van der Waals surface area contributed by atoms with Crippen LogP contribution in [0.25, 0.3) is 0 Å². The van der Waals surface area contributed by atoms with Crippen LogP contribution in [-0.4, -0.2) is 32.4 Å². The van der Waals surface area contributed by atoms with Gasteiger partial charge < -0.3 is 15.0 Å². The number of aliphatic hydroxyl groups excluding tert-OH is 1. The summed E-state index contributed by atoms with van der Waals surface area (Å²) in [5.41, 5.74) is 3.11. The maximum Gasteiger partial charge on any atom is 0.225 e. The molecule has 2 aliphatic rings. The maximum absolute atomic E-state index is 13.0. The number of aromatic nitrogens is 3. The topological polar surface area (TPSA) is 80.0 Å². The number of rotatable bonds is 11. The van der Waals surface area contributed by atoms with Crippen LogP contribution < -0.4 is 5.32 Å². The molecule has 1 amide bonds. The zero-order valence-corrected chi connectivity index (χ0v) is 20.7. The molecule has 0 radical (unpaired) electrons. The van der Waals surface area contributed by atoms with Crippen molar-refractivity contribution in [1.29, 1.82) is 0 Å². The second-order valence-corrected chi connectivity index (χ2v) is 10.8. The van der Waals surface area contributed by atoms with Gasteiger partial charge >= 0.3 is 0 Å². The number of anilines is 1. The molecule has 1 atom stereocenters. The molecule has 0 spiro atoms. The van der Waals surface area contributed by atoms with Crippen LogP contribution in [0.15, 0.2) is 18.2 Å². The van der Waals surface area contributed by atoms with Gasteiger partial charge in [-0.25, -0.2) is 0 Å². The van der Waals surface area contributed by atoms with E-state index in [-0.39, 0.29) is 18.4 Å². The average molecular weight is 453 g/mol. The molecule has 180 valence electrons. The van der Waals surface area contributed by atoms with Gasteiger partial charge in [0.1, 0.15) is 11.6 Å². The highest BCUT2D eigenvalue weighted by molar-refractivity contribution is 5.92. The molecule has 4 rings (SSSR count). The highest BCUT2D eigenvalue weighted by Gasteiger charge is 2.39. The Morgan fingerprint density at radius 1 is 1.21 bits per heavy atom. The Morgan fingerprint density at radius 2 is 1.97 bits per heavy atom. The summed E-state index contributed by atoms with van der Waals surface area (Å²) in [5, 5.41) is 21.9. The van der Waals surface area contributed by atoms with E-state index < -0.39 is 0 Å². The van der Waals surface area contributed by atoms with E-state index in [9.17, 15) is 9.90 Å². The zero-order chi connectivity index (χ0) is 23.5. The summed E-state index contributed by atoms with van der Waals surface area (Å²) in [5.74, 6) is 4.09. The van der Waals surface area contributed by atoms with Crippen LogP contribution in [0.5, 0.6) is 0 Å². The van der Waals surface area contributed by atoms with E-state index >= 15 is 0 Å². The third-order valence-electron chi connectivity index (χ3n) is 7.23. The number of nitrogens with one attached hydrogen (secondary N) is 1. The van der Waals surface area contributed by atoms with Crippen LogP contribution in [0.3, 0.4) is 0 Å². The van der Waals surface area contributed by atoms with Gasteiger partial charge in [0.25, 0.3) is 0 Å².